The molecule has 0 aliphatic rings. The van der Waals surface area contributed by atoms with E-state index in [1.807, 2.05) is 18.2 Å². The molecule has 0 spiro atoms. The van der Waals surface area contributed by atoms with E-state index in [0.717, 1.165) is 37.4 Å². The van der Waals surface area contributed by atoms with Gasteiger partial charge in [-0.15, -0.1) is 0 Å². The van der Waals surface area contributed by atoms with Crippen molar-refractivity contribution in [3.8, 4) is 0 Å². The molecule has 0 aromatic heterocycles. The first-order chi connectivity index (χ1) is 9.77. The minimum Gasteiger partial charge on any atom is -0.382 e. The molecule has 0 saturated carbocycles. The normalized spacial score (nSPS) is 12.6. The fraction of sp³-hybridized carbons (Fsp3) is 0.625. The highest BCUT2D eigenvalue weighted by Gasteiger charge is 2.08. The molecule has 4 heteroatoms. The molecule has 1 aromatic carbocycles. The van der Waals surface area contributed by atoms with Crippen LogP contribution in [0, 0.1) is 0 Å². The summed E-state index contributed by atoms with van der Waals surface area (Å²) in [6, 6.07) is 8.46. The van der Waals surface area contributed by atoms with Crippen molar-refractivity contribution in [1.29, 1.82) is 0 Å². The second-order valence-corrected chi connectivity index (χ2v) is 5.22. The van der Waals surface area contributed by atoms with E-state index < -0.39 is 0 Å². The summed E-state index contributed by atoms with van der Waals surface area (Å²) in [5, 5.41) is 4.38. The lowest BCUT2D eigenvalue weighted by atomic mass is 10.0. The van der Waals surface area contributed by atoms with E-state index in [0.29, 0.717) is 19.3 Å². The summed E-state index contributed by atoms with van der Waals surface area (Å²) in [4.78, 5) is 0. The first-order valence-corrected chi connectivity index (χ1v) is 7.71. The fourth-order valence-corrected chi connectivity index (χ4v) is 2.27. The molecule has 0 amide bonds. The summed E-state index contributed by atoms with van der Waals surface area (Å²) in [6.07, 6.45) is 3.25. The van der Waals surface area contributed by atoms with Gasteiger partial charge in [-0.1, -0.05) is 30.7 Å². The van der Waals surface area contributed by atoms with Crippen LogP contribution in [0.2, 0.25) is 5.02 Å². The molecule has 1 atom stereocenters. The minimum atomic E-state index is 0.378. The van der Waals surface area contributed by atoms with Crippen molar-refractivity contribution >= 4 is 11.6 Å². The molecule has 1 unspecified atom stereocenters. The number of hydrogen-bond donors (Lipinski definition) is 1. The summed E-state index contributed by atoms with van der Waals surface area (Å²) < 4.78 is 10.4. The number of hydrogen-bond acceptors (Lipinski definition) is 3. The number of unbranched alkanes of at least 4 members (excludes halogenated alkanes) is 1. The van der Waals surface area contributed by atoms with Gasteiger partial charge in [-0.3, -0.25) is 0 Å². The quantitative estimate of drug-likeness (QED) is 0.630. The number of nitrogens with one attached hydrogen (secondary N) is 1. The monoisotopic (exact) mass is 299 g/mol. The number of rotatable bonds is 11. The van der Waals surface area contributed by atoms with Gasteiger partial charge < -0.3 is 14.8 Å². The van der Waals surface area contributed by atoms with E-state index in [4.69, 9.17) is 21.1 Å². The summed E-state index contributed by atoms with van der Waals surface area (Å²) in [7, 11) is 1.69. The zero-order valence-corrected chi connectivity index (χ0v) is 13.3. The molecule has 0 aliphatic heterocycles. The molecule has 0 saturated heterocycles. The first kappa shape index (κ1) is 17.4. The van der Waals surface area contributed by atoms with Crippen LogP contribution in [0.5, 0.6) is 0 Å². The van der Waals surface area contributed by atoms with Crippen LogP contribution in [-0.4, -0.2) is 33.5 Å². The number of halogens is 1. The Morgan fingerprint density at radius 3 is 2.75 bits per heavy atom. The molecule has 3 nitrogen and oxygen atoms in total. The van der Waals surface area contributed by atoms with Gasteiger partial charge in [0.25, 0.3) is 0 Å². The molecule has 1 aromatic rings. The third-order valence-electron chi connectivity index (χ3n) is 3.20. The van der Waals surface area contributed by atoms with E-state index >= 15 is 0 Å². The second-order valence-electron chi connectivity index (χ2n) is 4.78. The molecule has 0 heterocycles. The van der Waals surface area contributed by atoms with Crippen molar-refractivity contribution < 1.29 is 9.47 Å². The van der Waals surface area contributed by atoms with Crippen molar-refractivity contribution in [2.24, 2.45) is 0 Å². The SMILES string of the molecule is CCC(NCCCCOCCOC)c1cccc(Cl)c1. The van der Waals surface area contributed by atoms with Gasteiger partial charge >= 0.3 is 0 Å². The lowest BCUT2D eigenvalue weighted by molar-refractivity contribution is 0.0687. The molecule has 0 bridgehead atoms. The average molecular weight is 300 g/mol. The molecule has 1 rings (SSSR count). The minimum absolute atomic E-state index is 0.378. The second kappa shape index (κ2) is 11.1. The Bertz CT molecular complexity index is 360. The van der Waals surface area contributed by atoms with Crippen molar-refractivity contribution in [3.05, 3.63) is 34.9 Å². The maximum absolute atomic E-state index is 6.04. The highest BCUT2D eigenvalue weighted by molar-refractivity contribution is 6.30. The van der Waals surface area contributed by atoms with Crippen molar-refractivity contribution in [2.75, 3.05) is 33.5 Å². The van der Waals surface area contributed by atoms with Crippen LogP contribution in [0.15, 0.2) is 24.3 Å². The zero-order chi connectivity index (χ0) is 14.6. The van der Waals surface area contributed by atoms with Gasteiger partial charge in [-0.25, -0.2) is 0 Å². The van der Waals surface area contributed by atoms with Crippen LogP contribution >= 0.6 is 11.6 Å². The van der Waals surface area contributed by atoms with E-state index in [2.05, 4.69) is 18.3 Å². The molecule has 0 fully saturated rings. The lowest BCUT2D eigenvalue weighted by Gasteiger charge is -2.17. The maximum Gasteiger partial charge on any atom is 0.0700 e. The van der Waals surface area contributed by atoms with Gasteiger partial charge in [0.15, 0.2) is 0 Å². The Kier molecular flexibility index (Phi) is 9.67. The third-order valence-corrected chi connectivity index (χ3v) is 3.43. The van der Waals surface area contributed by atoms with Crippen molar-refractivity contribution in [3.63, 3.8) is 0 Å². The standard InChI is InChI=1S/C16H26ClNO2/c1-3-16(14-7-6-8-15(17)13-14)18-9-4-5-10-20-12-11-19-2/h6-8,13,16,18H,3-5,9-12H2,1-2H3. The summed E-state index contributed by atoms with van der Waals surface area (Å²) >= 11 is 6.04. The highest BCUT2D eigenvalue weighted by Crippen LogP contribution is 2.20. The predicted molar refractivity (Wildman–Crippen MR) is 84.4 cm³/mol. The lowest BCUT2D eigenvalue weighted by Crippen LogP contribution is -2.22. The molecular weight excluding hydrogens is 274 g/mol. The molecular formula is C16H26ClNO2. The zero-order valence-electron chi connectivity index (χ0n) is 12.5. The molecule has 20 heavy (non-hydrogen) atoms. The van der Waals surface area contributed by atoms with Crippen LogP contribution in [0.25, 0.3) is 0 Å². The van der Waals surface area contributed by atoms with E-state index in [9.17, 15) is 0 Å². The smallest absolute Gasteiger partial charge is 0.0700 e. The summed E-state index contributed by atoms with van der Waals surface area (Å²) in [6.45, 7) is 5.35. The summed E-state index contributed by atoms with van der Waals surface area (Å²) in [5.41, 5.74) is 1.26. The largest absolute Gasteiger partial charge is 0.382 e. The Morgan fingerprint density at radius 2 is 2.05 bits per heavy atom. The molecule has 114 valence electrons. The van der Waals surface area contributed by atoms with Gasteiger partial charge in [0.2, 0.25) is 0 Å². The van der Waals surface area contributed by atoms with Crippen molar-refractivity contribution in [2.45, 2.75) is 32.2 Å². The number of ether oxygens (including phenoxy) is 2. The van der Waals surface area contributed by atoms with Crippen LogP contribution < -0.4 is 5.32 Å². The molecule has 0 radical (unpaired) electrons. The van der Waals surface area contributed by atoms with E-state index in [1.165, 1.54) is 5.56 Å². The predicted octanol–water partition coefficient (Wildman–Crippen LogP) is 3.82. The van der Waals surface area contributed by atoms with Gasteiger partial charge in [-0.05, 0) is 43.5 Å². The fourth-order valence-electron chi connectivity index (χ4n) is 2.07. The van der Waals surface area contributed by atoms with Gasteiger partial charge in [0.05, 0.1) is 13.2 Å². The number of benzene rings is 1. The van der Waals surface area contributed by atoms with Crippen LogP contribution in [-0.2, 0) is 9.47 Å². The molecule has 0 aliphatic carbocycles. The summed E-state index contributed by atoms with van der Waals surface area (Å²) in [5.74, 6) is 0. The first-order valence-electron chi connectivity index (χ1n) is 7.33. The topological polar surface area (TPSA) is 30.5 Å². The Hall–Kier alpha value is -0.610. The van der Waals surface area contributed by atoms with Crippen LogP contribution in [0.3, 0.4) is 0 Å². The maximum atomic E-state index is 6.04. The van der Waals surface area contributed by atoms with Crippen molar-refractivity contribution in [1.82, 2.24) is 5.32 Å². The van der Waals surface area contributed by atoms with E-state index in [-0.39, 0.29) is 0 Å². The van der Waals surface area contributed by atoms with Gasteiger partial charge in [0, 0.05) is 24.8 Å². The van der Waals surface area contributed by atoms with Gasteiger partial charge in [-0.2, -0.15) is 0 Å². The van der Waals surface area contributed by atoms with Crippen LogP contribution in [0.4, 0.5) is 0 Å². The Balaban J connectivity index is 2.16. The highest BCUT2D eigenvalue weighted by atomic mass is 35.5. The van der Waals surface area contributed by atoms with E-state index in [1.54, 1.807) is 7.11 Å². The van der Waals surface area contributed by atoms with Crippen LogP contribution in [0.1, 0.15) is 37.8 Å². The third kappa shape index (κ3) is 7.25. The Morgan fingerprint density at radius 1 is 1.20 bits per heavy atom. The number of methoxy groups -OCH3 is 1. The van der Waals surface area contributed by atoms with Gasteiger partial charge in [0.1, 0.15) is 0 Å². The average Bonchev–Trinajstić information content (AvgIpc) is 2.46. The Labute approximate surface area is 127 Å². The molecule has 1 N–H and O–H groups in total.